The number of rotatable bonds is 6. The first kappa shape index (κ1) is 16.2. The summed E-state index contributed by atoms with van der Waals surface area (Å²) in [6, 6.07) is 5.29. The van der Waals surface area contributed by atoms with E-state index in [1.807, 2.05) is 6.07 Å². The molecule has 1 aromatic rings. The Labute approximate surface area is 127 Å². The third-order valence-corrected chi connectivity index (χ3v) is 4.57. The normalized spacial score (nSPS) is 18.7. The van der Waals surface area contributed by atoms with Crippen molar-refractivity contribution >= 4 is 0 Å². The largest absolute Gasteiger partial charge is 0.494 e. The molecule has 3 nitrogen and oxygen atoms in total. The van der Waals surface area contributed by atoms with Gasteiger partial charge in [0.25, 0.3) is 0 Å². The second-order valence-electron chi connectivity index (χ2n) is 5.91. The summed E-state index contributed by atoms with van der Waals surface area (Å²) < 4.78 is 18.9. The molecule has 1 aliphatic rings. The van der Waals surface area contributed by atoms with Gasteiger partial charge in [-0.15, -0.1) is 0 Å². The van der Waals surface area contributed by atoms with Gasteiger partial charge in [-0.3, -0.25) is 4.90 Å². The number of nitrogens with zero attached hydrogens (tertiary/aromatic N) is 1. The van der Waals surface area contributed by atoms with Gasteiger partial charge in [0, 0.05) is 12.6 Å². The van der Waals surface area contributed by atoms with Crippen LogP contribution in [0, 0.1) is 11.7 Å². The summed E-state index contributed by atoms with van der Waals surface area (Å²) >= 11 is 0. The molecule has 2 rings (SSSR count). The molecule has 0 radical (unpaired) electrons. The number of likely N-dealkylation sites (tertiary alicyclic amines) is 1. The molecule has 21 heavy (non-hydrogen) atoms. The van der Waals surface area contributed by atoms with Crippen LogP contribution in [0.3, 0.4) is 0 Å². The van der Waals surface area contributed by atoms with Gasteiger partial charge in [0.1, 0.15) is 0 Å². The third-order valence-electron chi connectivity index (χ3n) is 4.57. The minimum Gasteiger partial charge on any atom is -0.494 e. The quantitative estimate of drug-likeness (QED) is 0.874. The highest BCUT2D eigenvalue weighted by atomic mass is 19.1. The molecule has 1 saturated heterocycles. The zero-order chi connectivity index (χ0) is 15.2. The van der Waals surface area contributed by atoms with E-state index in [4.69, 9.17) is 10.5 Å². The highest BCUT2D eigenvalue weighted by molar-refractivity contribution is 5.31. The number of methoxy groups -OCH3 is 1. The standard InChI is InChI=1S/C17H27FN2O/c1-3-4-13-7-9-20(10-8-13)16(12-19)14-5-6-17(21-2)15(18)11-14/h5-6,11,13,16H,3-4,7-10,12,19H2,1-2H3. The monoisotopic (exact) mass is 294 g/mol. The summed E-state index contributed by atoms with van der Waals surface area (Å²) in [4.78, 5) is 2.40. The van der Waals surface area contributed by atoms with E-state index in [0.717, 1.165) is 24.6 Å². The molecule has 0 amide bonds. The Balaban J connectivity index is 2.05. The molecule has 0 spiro atoms. The van der Waals surface area contributed by atoms with E-state index in [-0.39, 0.29) is 17.6 Å². The summed E-state index contributed by atoms with van der Waals surface area (Å²) in [7, 11) is 1.48. The maximum absolute atomic E-state index is 13.9. The number of nitrogens with two attached hydrogens (primary N) is 1. The van der Waals surface area contributed by atoms with Crippen molar-refractivity contribution in [2.24, 2.45) is 11.7 Å². The minimum absolute atomic E-state index is 0.105. The lowest BCUT2D eigenvalue weighted by Gasteiger charge is -2.37. The van der Waals surface area contributed by atoms with Crippen LogP contribution in [0.2, 0.25) is 0 Å². The number of hydrogen-bond acceptors (Lipinski definition) is 3. The van der Waals surface area contributed by atoms with Crippen molar-refractivity contribution in [3.63, 3.8) is 0 Å². The van der Waals surface area contributed by atoms with E-state index in [2.05, 4.69) is 11.8 Å². The number of piperidine rings is 1. The Morgan fingerprint density at radius 2 is 2.10 bits per heavy atom. The second kappa shape index (κ2) is 7.76. The lowest BCUT2D eigenvalue weighted by Crippen LogP contribution is -2.39. The van der Waals surface area contributed by atoms with Gasteiger partial charge in [-0.2, -0.15) is 0 Å². The lowest BCUT2D eigenvalue weighted by atomic mass is 9.91. The molecule has 1 aliphatic heterocycles. The lowest BCUT2D eigenvalue weighted by molar-refractivity contribution is 0.131. The highest BCUT2D eigenvalue weighted by Gasteiger charge is 2.25. The molecule has 4 heteroatoms. The van der Waals surface area contributed by atoms with Crippen molar-refractivity contribution in [3.8, 4) is 5.75 Å². The summed E-state index contributed by atoms with van der Waals surface area (Å²) in [5.41, 5.74) is 6.90. The SMILES string of the molecule is CCCC1CCN(C(CN)c2ccc(OC)c(F)c2)CC1. The average molecular weight is 294 g/mol. The van der Waals surface area contributed by atoms with Crippen molar-refractivity contribution in [2.45, 2.75) is 38.6 Å². The van der Waals surface area contributed by atoms with Crippen molar-refractivity contribution in [1.29, 1.82) is 0 Å². The average Bonchev–Trinajstić information content (AvgIpc) is 2.50. The van der Waals surface area contributed by atoms with Crippen LogP contribution in [0.4, 0.5) is 4.39 Å². The Morgan fingerprint density at radius 1 is 1.38 bits per heavy atom. The van der Waals surface area contributed by atoms with Gasteiger partial charge in [-0.1, -0.05) is 25.8 Å². The Bertz CT molecular complexity index is 444. The van der Waals surface area contributed by atoms with E-state index in [0.29, 0.717) is 6.54 Å². The van der Waals surface area contributed by atoms with Crippen molar-refractivity contribution in [1.82, 2.24) is 4.90 Å². The van der Waals surface area contributed by atoms with Crippen LogP contribution < -0.4 is 10.5 Å². The van der Waals surface area contributed by atoms with Gasteiger partial charge in [0.05, 0.1) is 7.11 Å². The smallest absolute Gasteiger partial charge is 0.165 e. The molecule has 0 aliphatic carbocycles. The molecule has 2 N–H and O–H groups in total. The molecular formula is C17H27FN2O. The molecule has 1 fully saturated rings. The van der Waals surface area contributed by atoms with Crippen LogP contribution in [-0.4, -0.2) is 31.6 Å². The minimum atomic E-state index is -0.311. The predicted octanol–water partition coefficient (Wildman–Crippen LogP) is 3.35. The van der Waals surface area contributed by atoms with Gasteiger partial charge in [0.15, 0.2) is 11.6 Å². The zero-order valence-corrected chi connectivity index (χ0v) is 13.1. The summed E-state index contributed by atoms with van der Waals surface area (Å²) in [5.74, 6) is 0.822. The molecule has 1 aromatic carbocycles. The molecule has 118 valence electrons. The first-order valence-electron chi connectivity index (χ1n) is 7.97. The van der Waals surface area contributed by atoms with Crippen molar-refractivity contribution in [2.75, 3.05) is 26.7 Å². The van der Waals surface area contributed by atoms with Crippen LogP contribution in [0.25, 0.3) is 0 Å². The van der Waals surface area contributed by atoms with Crippen LogP contribution in [0.5, 0.6) is 5.75 Å². The fraction of sp³-hybridized carbons (Fsp3) is 0.647. The molecule has 0 saturated carbocycles. The van der Waals surface area contributed by atoms with Gasteiger partial charge in [-0.25, -0.2) is 4.39 Å². The van der Waals surface area contributed by atoms with E-state index in [1.54, 1.807) is 12.1 Å². The van der Waals surface area contributed by atoms with Gasteiger partial charge in [0.2, 0.25) is 0 Å². The van der Waals surface area contributed by atoms with Crippen molar-refractivity contribution < 1.29 is 9.13 Å². The van der Waals surface area contributed by atoms with Gasteiger partial charge < -0.3 is 10.5 Å². The zero-order valence-electron chi connectivity index (χ0n) is 13.1. The number of hydrogen-bond donors (Lipinski definition) is 1. The van der Waals surface area contributed by atoms with Crippen LogP contribution in [0.1, 0.15) is 44.2 Å². The summed E-state index contributed by atoms with van der Waals surface area (Å²) in [6.45, 7) is 4.87. The first-order chi connectivity index (χ1) is 10.2. The molecule has 1 atom stereocenters. The van der Waals surface area contributed by atoms with Crippen LogP contribution in [0.15, 0.2) is 18.2 Å². The Kier molecular flexibility index (Phi) is 6.00. The first-order valence-corrected chi connectivity index (χ1v) is 7.97. The Hall–Kier alpha value is -1.13. The predicted molar refractivity (Wildman–Crippen MR) is 84.0 cm³/mol. The van der Waals surface area contributed by atoms with E-state index in [1.165, 1.54) is 32.8 Å². The molecule has 1 heterocycles. The second-order valence-corrected chi connectivity index (χ2v) is 5.91. The third kappa shape index (κ3) is 3.95. The van der Waals surface area contributed by atoms with Gasteiger partial charge >= 0.3 is 0 Å². The number of benzene rings is 1. The number of ether oxygens (including phenoxy) is 1. The van der Waals surface area contributed by atoms with Crippen molar-refractivity contribution in [3.05, 3.63) is 29.6 Å². The van der Waals surface area contributed by atoms with Crippen LogP contribution >= 0.6 is 0 Å². The molecular weight excluding hydrogens is 267 g/mol. The van der Waals surface area contributed by atoms with Crippen LogP contribution in [-0.2, 0) is 0 Å². The Morgan fingerprint density at radius 3 is 2.62 bits per heavy atom. The van der Waals surface area contributed by atoms with E-state index in [9.17, 15) is 4.39 Å². The summed E-state index contributed by atoms with van der Waals surface area (Å²) in [5, 5.41) is 0. The molecule has 0 bridgehead atoms. The van der Waals surface area contributed by atoms with E-state index >= 15 is 0 Å². The maximum Gasteiger partial charge on any atom is 0.165 e. The van der Waals surface area contributed by atoms with Gasteiger partial charge in [-0.05, 0) is 49.5 Å². The molecule has 1 unspecified atom stereocenters. The fourth-order valence-corrected chi connectivity index (χ4v) is 3.35. The van der Waals surface area contributed by atoms with E-state index < -0.39 is 0 Å². The molecule has 0 aromatic heterocycles. The number of halogens is 1. The maximum atomic E-state index is 13.9. The summed E-state index contributed by atoms with van der Waals surface area (Å²) in [6.07, 6.45) is 5.03. The fourth-order valence-electron chi connectivity index (χ4n) is 3.35. The topological polar surface area (TPSA) is 38.5 Å². The highest BCUT2D eigenvalue weighted by Crippen LogP contribution is 2.30.